The minimum absolute atomic E-state index is 0.220. The quantitative estimate of drug-likeness (QED) is 0.765. The van der Waals surface area contributed by atoms with Crippen molar-refractivity contribution in [1.29, 1.82) is 0 Å². The van der Waals surface area contributed by atoms with Gasteiger partial charge in [-0.2, -0.15) is 11.8 Å². The summed E-state index contributed by atoms with van der Waals surface area (Å²) in [6.07, 6.45) is 0. The van der Waals surface area contributed by atoms with Gasteiger partial charge >= 0.3 is 0 Å². The second-order valence-electron chi connectivity index (χ2n) is 4.95. The minimum Gasteiger partial charge on any atom is -0.312 e. The molecule has 0 aliphatic rings. The van der Waals surface area contributed by atoms with E-state index in [2.05, 4.69) is 19.2 Å². The van der Waals surface area contributed by atoms with E-state index in [1.807, 2.05) is 11.8 Å². The summed E-state index contributed by atoms with van der Waals surface area (Å²) < 4.78 is 23.0. The van der Waals surface area contributed by atoms with E-state index in [0.29, 0.717) is 12.6 Å². The molecule has 0 saturated heterocycles. The van der Waals surface area contributed by atoms with Crippen molar-refractivity contribution in [3.63, 3.8) is 0 Å². The molecule has 1 atom stereocenters. The summed E-state index contributed by atoms with van der Waals surface area (Å²) >= 11 is 1.87. The lowest BCUT2D eigenvalue weighted by Crippen LogP contribution is -2.38. The number of sulfone groups is 1. The molecule has 0 rings (SSSR count). The third kappa shape index (κ3) is 6.11. The zero-order chi connectivity index (χ0) is 12.8. The average Bonchev–Trinajstić information content (AvgIpc) is 2.12. The summed E-state index contributed by atoms with van der Waals surface area (Å²) in [4.78, 5) is 0. The number of nitrogens with one attached hydrogen (secondary N) is 1. The SMILES string of the molecule is CCSCC(C)NCCS(=O)(=O)C(C)(C)C. The van der Waals surface area contributed by atoms with Crippen LogP contribution in [-0.4, -0.2) is 43.0 Å². The Morgan fingerprint density at radius 1 is 1.31 bits per heavy atom. The molecule has 3 nitrogen and oxygen atoms in total. The van der Waals surface area contributed by atoms with Gasteiger partial charge in [0.25, 0.3) is 0 Å². The zero-order valence-corrected chi connectivity index (χ0v) is 12.7. The molecule has 0 aromatic heterocycles. The lowest BCUT2D eigenvalue weighted by molar-refractivity contribution is 0.550. The highest BCUT2D eigenvalue weighted by atomic mass is 32.2. The summed E-state index contributed by atoms with van der Waals surface area (Å²) in [6, 6.07) is 0.375. The van der Waals surface area contributed by atoms with Crippen molar-refractivity contribution in [3.8, 4) is 0 Å². The first-order valence-electron chi connectivity index (χ1n) is 5.74. The van der Waals surface area contributed by atoms with Gasteiger partial charge in [0.15, 0.2) is 9.84 Å². The second-order valence-corrected chi connectivity index (χ2v) is 9.13. The van der Waals surface area contributed by atoms with Gasteiger partial charge in [-0.05, 0) is 33.4 Å². The molecule has 1 unspecified atom stereocenters. The molecule has 1 N–H and O–H groups in total. The van der Waals surface area contributed by atoms with Crippen LogP contribution < -0.4 is 5.32 Å². The molecule has 0 spiro atoms. The second kappa shape index (κ2) is 6.87. The smallest absolute Gasteiger partial charge is 0.156 e. The summed E-state index contributed by atoms with van der Waals surface area (Å²) in [5.74, 6) is 2.36. The maximum atomic E-state index is 11.8. The van der Waals surface area contributed by atoms with Gasteiger partial charge in [0.05, 0.1) is 10.5 Å². The van der Waals surface area contributed by atoms with Crippen molar-refractivity contribution in [2.75, 3.05) is 23.8 Å². The van der Waals surface area contributed by atoms with Crippen LogP contribution in [0.3, 0.4) is 0 Å². The van der Waals surface area contributed by atoms with Crippen molar-refractivity contribution >= 4 is 21.6 Å². The molecule has 16 heavy (non-hydrogen) atoms. The van der Waals surface area contributed by atoms with Gasteiger partial charge in [0.2, 0.25) is 0 Å². The van der Waals surface area contributed by atoms with E-state index < -0.39 is 14.6 Å². The van der Waals surface area contributed by atoms with Gasteiger partial charge in [-0.15, -0.1) is 0 Å². The van der Waals surface area contributed by atoms with E-state index in [0.717, 1.165) is 11.5 Å². The van der Waals surface area contributed by atoms with Crippen molar-refractivity contribution in [2.24, 2.45) is 0 Å². The molecular formula is C11H25NO2S2. The van der Waals surface area contributed by atoms with Crippen LogP contribution in [0.2, 0.25) is 0 Å². The van der Waals surface area contributed by atoms with Crippen LogP contribution in [0.5, 0.6) is 0 Å². The molecule has 0 aliphatic carbocycles. The zero-order valence-electron chi connectivity index (χ0n) is 11.0. The molecule has 5 heteroatoms. The van der Waals surface area contributed by atoms with Gasteiger partial charge in [-0.1, -0.05) is 6.92 Å². The first-order valence-corrected chi connectivity index (χ1v) is 8.55. The average molecular weight is 267 g/mol. The molecule has 0 aromatic rings. The Bertz CT molecular complexity index is 281. The van der Waals surface area contributed by atoms with E-state index in [-0.39, 0.29) is 5.75 Å². The Morgan fingerprint density at radius 3 is 2.31 bits per heavy atom. The fraction of sp³-hybridized carbons (Fsp3) is 1.00. The first kappa shape index (κ1) is 16.3. The first-order chi connectivity index (χ1) is 7.20. The summed E-state index contributed by atoms with van der Waals surface area (Å²) in [5, 5.41) is 3.25. The topological polar surface area (TPSA) is 46.2 Å². The molecule has 0 aliphatic heterocycles. The molecule has 0 amide bonds. The standard InChI is InChI=1S/C11H25NO2S2/c1-6-15-9-10(2)12-7-8-16(13,14)11(3,4)5/h10,12H,6-9H2,1-5H3. The van der Waals surface area contributed by atoms with Crippen LogP contribution in [-0.2, 0) is 9.84 Å². The van der Waals surface area contributed by atoms with E-state index >= 15 is 0 Å². The molecular weight excluding hydrogens is 242 g/mol. The molecule has 0 saturated carbocycles. The monoisotopic (exact) mass is 267 g/mol. The Balaban J connectivity index is 3.91. The predicted molar refractivity (Wildman–Crippen MR) is 74.0 cm³/mol. The number of hydrogen-bond donors (Lipinski definition) is 1. The molecule has 0 bridgehead atoms. The van der Waals surface area contributed by atoms with Gasteiger partial charge < -0.3 is 5.32 Å². The lowest BCUT2D eigenvalue weighted by atomic mass is 10.3. The van der Waals surface area contributed by atoms with Crippen LogP contribution in [0.1, 0.15) is 34.6 Å². The number of rotatable bonds is 7. The van der Waals surface area contributed by atoms with E-state index in [4.69, 9.17) is 0 Å². The number of thioether (sulfide) groups is 1. The Labute approximate surface area is 105 Å². The number of hydrogen-bond acceptors (Lipinski definition) is 4. The van der Waals surface area contributed by atoms with Crippen LogP contribution in [0, 0.1) is 0 Å². The van der Waals surface area contributed by atoms with Crippen LogP contribution in [0.25, 0.3) is 0 Å². The fourth-order valence-corrected chi connectivity index (χ4v) is 2.81. The normalized spacial score (nSPS) is 15.1. The summed E-state index contributed by atoms with van der Waals surface area (Å²) in [6.45, 7) is 10.0. The van der Waals surface area contributed by atoms with E-state index in [1.165, 1.54) is 0 Å². The molecule has 0 heterocycles. The fourth-order valence-electron chi connectivity index (χ4n) is 1.10. The predicted octanol–water partition coefficient (Wildman–Crippen LogP) is 1.93. The Hall–Kier alpha value is 0.260. The lowest BCUT2D eigenvalue weighted by Gasteiger charge is -2.20. The minimum atomic E-state index is -2.98. The highest BCUT2D eigenvalue weighted by Crippen LogP contribution is 2.15. The van der Waals surface area contributed by atoms with Gasteiger partial charge in [-0.25, -0.2) is 8.42 Å². The highest BCUT2D eigenvalue weighted by molar-refractivity contribution is 7.99. The van der Waals surface area contributed by atoms with E-state index in [1.54, 1.807) is 20.8 Å². The van der Waals surface area contributed by atoms with Gasteiger partial charge in [-0.3, -0.25) is 0 Å². The maximum Gasteiger partial charge on any atom is 0.156 e. The molecule has 0 fully saturated rings. The van der Waals surface area contributed by atoms with Crippen molar-refractivity contribution < 1.29 is 8.42 Å². The Morgan fingerprint density at radius 2 is 1.88 bits per heavy atom. The third-order valence-electron chi connectivity index (χ3n) is 2.37. The van der Waals surface area contributed by atoms with Gasteiger partial charge in [0, 0.05) is 18.3 Å². The summed E-state index contributed by atoms with van der Waals surface area (Å²) in [5.41, 5.74) is 0. The molecule has 98 valence electrons. The maximum absolute atomic E-state index is 11.8. The summed E-state index contributed by atoms with van der Waals surface area (Å²) in [7, 11) is -2.98. The van der Waals surface area contributed by atoms with Crippen molar-refractivity contribution in [3.05, 3.63) is 0 Å². The van der Waals surface area contributed by atoms with Crippen molar-refractivity contribution in [1.82, 2.24) is 5.32 Å². The molecule has 0 radical (unpaired) electrons. The molecule has 0 aromatic carbocycles. The van der Waals surface area contributed by atoms with E-state index in [9.17, 15) is 8.42 Å². The largest absolute Gasteiger partial charge is 0.312 e. The van der Waals surface area contributed by atoms with Crippen LogP contribution >= 0.6 is 11.8 Å². The van der Waals surface area contributed by atoms with Gasteiger partial charge in [0.1, 0.15) is 0 Å². The highest BCUT2D eigenvalue weighted by Gasteiger charge is 2.28. The van der Waals surface area contributed by atoms with Crippen LogP contribution in [0.15, 0.2) is 0 Å². The van der Waals surface area contributed by atoms with Crippen LogP contribution in [0.4, 0.5) is 0 Å². The Kier molecular flexibility index (Phi) is 6.98. The third-order valence-corrected chi connectivity index (χ3v) is 6.12. The van der Waals surface area contributed by atoms with Crippen molar-refractivity contribution in [2.45, 2.75) is 45.4 Å².